The molecule has 0 aromatic heterocycles. The second-order valence-corrected chi connectivity index (χ2v) is 4.92. The molecule has 0 amide bonds. The summed E-state index contributed by atoms with van der Waals surface area (Å²) in [5.74, 6) is 0.788. The Labute approximate surface area is 87.0 Å². The molecule has 1 aliphatic carbocycles. The van der Waals surface area contributed by atoms with Crippen LogP contribution in [0, 0.1) is 11.8 Å². The average molecular weight is 195 g/mol. The van der Waals surface area contributed by atoms with Gasteiger partial charge in [0.05, 0.1) is 0 Å². The maximum Gasteiger partial charge on any atom is 0.160 e. The van der Waals surface area contributed by atoms with Crippen LogP contribution in [0.2, 0.25) is 0 Å². The van der Waals surface area contributed by atoms with Gasteiger partial charge in [-0.05, 0) is 38.6 Å². The first-order valence-electron chi connectivity index (χ1n) is 5.25. The molecule has 0 spiro atoms. The molecule has 0 saturated carbocycles. The molecule has 0 N–H and O–H groups in total. The van der Waals surface area contributed by atoms with Gasteiger partial charge in [-0.1, -0.05) is 20.8 Å². The van der Waals surface area contributed by atoms with E-state index in [2.05, 4.69) is 25.7 Å². The van der Waals surface area contributed by atoms with Gasteiger partial charge in [-0.3, -0.25) is 9.69 Å². The zero-order chi connectivity index (χ0) is 11.1. The third-order valence-corrected chi connectivity index (χ3v) is 3.70. The summed E-state index contributed by atoms with van der Waals surface area (Å²) in [6, 6.07) is 0. The number of ketones is 1. The van der Waals surface area contributed by atoms with Gasteiger partial charge in [-0.25, -0.2) is 0 Å². The Morgan fingerprint density at radius 3 is 2.21 bits per heavy atom. The number of likely N-dealkylation sites (N-methyl/N-ethyl adjacent to an activating group) is 1. The first-order valence-corrected chi connectivity index (χ1v) is 5.25. The number of hydrogen-bond acceptors (Lipinski definition) is 2. The maximum atomic E-state index is 11.7. The molecular formula is C12H21NO. The Morgan fingerprint density at radius 1 is 1.43 bits per heavy atom. The van der Waals surface area contributed by atoms with Gasteiger partial charge in [0.25, 0.3) is 0 Å². The molecule has 0 aliphatic heterocycles. The molecule has 0 saturated heterocycles. The minimum Gasteiger partial charge on any atom is -0.300 e. The predicted molar refractivity (Wildman–Crippen MR) is 59.2 cm³/mol. The van der Waals surface area contributed by atoms with Gasteiger partial charge in [0, 0.05) is 11.5 Å². The molecule has 0 aromatic rings. The van der Waals surface area contributed by atoms with Crippen LogP contribution < -0.4 is 0 Å². The van der Waals surface area contributed by atoms with Crippen LogP contribution in [-0.4, -0.2) is 30.3 Å². The van der Waals surface area contributed by atoms with Crippen molar-refractivity contribution in [3.8, 4) is 0 Å². The highest BCUT2D eigenvalue weighted by Gasteiger charge is 2.45. The Balaban J connectivity index is 3.15. The van der Waals surface area contributed by atoms with E-state index in [1.165, 1.54) is 5.57 Å². The van der Waals surface area contributed by atoms with E-state index in [0.717, 1.165) is 0 Å². The molecule has 2 atom stereocenters. The molecule has 2 heteroatoms. The fourth-order valence-electron chi connectivity index (χ4n) is 2.35. The van der Waals surface area contributed by atoms with Gasteiger partial charge in [0.1, 0.15) is 0 Å². The van der Waals surface area contributed by atoms with Crippen molar-refractivity contribution in [1.82, 2.24) is 4.90 Å². The first-order chi connectivity index (χ1) is 6.31. The number of carbonyl (C=O) groups excluding carboxylic acids is 1. The Kier molecular flexibility index (Phi) is 2.86. The molecule has 14 heavy (non-hydrogen) atoms. The van der Waals surface area contributed by atoms with Crippen molar-refractivity contribution in [2.75, 3.05) is 14.1 Å². The van der Waals surface area contributed by atoms with Crippen LogP contribution in [0.1, 0.15) is 27.7 Å². The molecule has 1 rings (SSSR count). The summed E-state index contributed by atoms with van der Waals surface area (Å²) in [7, 11) is 4.09. The molecule has 0 heterocycles. The predicted octanol–water partition coefficient (Wildman–Crippen LogP) is 2.11. The summed E-state index contributed by atoms with van der Waals surface area (Å²) in [4.78, 5) is 13.9. The van der Waals surface area contributed by atoms with E-state index in [1.807, 2.05) is 27.1 Å². The molecule has 2 unspecified atom stereocenters. The fraction of sp³-hybridized carbons (Fsp3) is 0.750. The Bertz CT molecular complexity index is 278. The van der Waals surface area contributed by atoms with Gasteiger partial charge < -0.3 is 0 Å². The minimum absolute atomic E-state index is 0.0786. The van der Waals surface area contributed by atoms with Gasteiger partial charge >= 0.3 is 0 Å². The smallest absolute Gasteiger partial charge is 0.160 e. The summed E-state index contributed by atoms with van der Waals surface area (Å²) in [5.41, 5.74) is 1.17. The molecule has 2 nitrogen and oxygen atoms in total. The van der Waals surface area contributed by atoms with Crippen molar-refractivity contribution in [2.45, 2.75) is 33.2 Å². The number of hydrogen-bond donors (Lipinski definition) is 0. The second kappa shape index (κ2) is 3.50. The SMILES string of the molecule is CC(C)C1=CC(=O)C(C)C1(C)N(C)C. The van der Waals surface area contributed by atoms with Crippen molar-refractivity contribution in [3.05, 3.63) is 11.6 Å². The van der Waals surface area contributed by atoms with E-state index >= 15 is 0 Å². The van der Waals surface area contributed by atoms with Crippen LogP contribution in [0.15, 0.2) is 11.6 Å². The number of allylic oxidation sites excluding steroid dienone is 1. The summed E-state index contributed by atoms with van der Waals surface area (Å²) < 4.78 is 0. The maximum absolute atomic E-state index is 11.7. The molecule has 0 bridgehead atoms. The van der Waals surface area contributed by atoms with E-state index in [0.29, 0.717) is 5.92 Å². The van der Waals surface area contributed by atoms with Crippen molar-refractivity contribution < 1.29 is 4.79 Å². The fourth-order valence-corrected chi connectivity index (χ4v) is 2.35. The molecule has 80 valence electrons. The molecule has 1 aliphatic rings. The van der Waals surface area contributed by atoms with Crippen LogP contribution in [-0.2, 0) is 4.79 Å². The second-order valence-electron chi connectivity index (χ2n) is 4.92. The van der Waals surface area contributed by atoms with E-state index in [-0.39, 0.29) is 17.2 Å². The number of rotatable bonds is 2. The monoisotopic (exact) mass is 195 g/mol. The van der Waals surface area contributed by atoms with Crippen LogP contribution in [0.4, 0.5) is 0 Å². The number of nitrogens with zero attached hydrogens (tertiary/aromatic N) is 1. The van der Waals surface area contributed by atoms with Gasteiger partial charge in [-0.2, -0.15) is 0 Å². The number of carbonyl (C=O) groups is 1. The standard InChI is InChI=1S/C12H21NO/c1-8(2)10-7-11(14)9(3)12(10,4)13(5)6/h7-9H,1-6H3. The third kappa shape index (κ3) is 1.42. The Morgan fingerprint density at radius 2 is 1.93 bits per heavy atom. The summed E-state index contributed by atoms with van der Waals surface area (Å²) >= 11 is 0. The summed E-state index contributed by atoms with van der Waals surface area (Å²) in [6.07, 6.45) is 1.84. The largest absolute Gasteiger partial charge is 0.300 e. The molecule has 0 aromatic carbocycles. The van der Waals surface area contributed by atoms with Crippen LogP contribution in [0.3, 0.4) is 0 Å². The lowest BCUT2D eigenvalue weighted by atomic mass is 9.79. The quantitative estimate of drug-likeness (QED) is 0.672. The topological polar surface area (TPSA) is 20.3 Å². The van der Waals surface area contributed by atoms with E-state index in [4.69, 9.17) is 0 Å². The van der Waals surface area contributed by atoms with E-state index in [1.54, 1.807) is 0 Å². The lowest BCUT2D eigenvalue weighted by Crippen LogP contribution is -2.48. The zero-order valence-corrected chi connectivity index (χ0v) is 10.1. The van der Waals surface area contributed by atoms with E-state index in [9.17, 15) is 4.79 Å². The highest BCUT2D eigenvalue weighted by Crippen LogP contribution is 2.40. The Hall–Kier alpha value is -0.630. The van der Waals surface area contributed by atoms with Gasteiger partial charge in [-0.15, -0.1) is 0 Å². The van der Waals surface area contributed by atoms with Crippen molar-refractivity contribution >= 4 is 5.78 Å². The molecular weight excluding hydrogens is 174 g/mol. The highest BCUT2D eigenvalue weighted by atomic mass is 16.1. The van der Waals surface area contributed by atoms with Gasteiger partial charge in [0.2, 0.25) is 0 Å². The van der Waals surface area contributed by atoms with Crippen molar-refractivity contribution in [1.29, 1.82) is 0 Å². The van der Waals surface area contributed by atoms with E-state index < -0.39 is 0 Å². The van der Waals surface area contributed by atoms with Gasteiger partial charge in [0.15, 0.2) is 5.78 Å². The molecule has 0 radical (unpaired) electrons. The molecule has 0 fully saturated rings. The summed E-state index contributed by atoms with van der Waals surface area (Å²) in [5, 5.41) is 0. The van der Waals surface area contributed by atoms with Crippen LogP contribution in [0.5, 0.6) is 0 Å². The normalized spacial score (nSPS) is 33.0. The zero-order valence-electron chi connectivity index (χ0n) is 10.1. The minimum atomic E-state index is -0.0920. The highest BCUT2D eigenvalue weighted by molar-refractivity contribution is 5.97. The van der Waals surface area contributed by atoms with Crippen LogP contribution >= 0.6 is 0 Å². The first kappa shape index (κ1) is 11.4. The summed E-state index contributed by atoms with van der Waals surface area (Å²) in [6.45, 7) is 8.49. The lowest BCUT2D eigenvalue weighted by molar-refractivity contribution is -0.119. The van der Waals surface area contributed by atoms with Crippen molar-refractivity contribution in [3.63, 3.8) is 0 Å². The van der Waals surface area contributed by atoms with Crippen molar-refractivity contribution in [2.24, 2.45) is 11.8 Å². The third-order valence-electron chi connectivity index (χ3n) is 3.70. The lowest BCUT2D eigenvalue weighted by Gasteiger charge is -2.40. The average Bonchev–Trinajstić information content (AvgIpc) is 2.31. The van der Waals surface area contributed by atoms with Crippen LogP contribution in [0.25, 0.3) is 0 Å².